The van der Waals surface area contributed by atoms with Crippen molar-refractivity contribution in [3.8, 4) is 0 Å². The molecule has 0 saturated carbocycles. The van der Waals surface area contributed by atoms with Gasteiger partial charge in [0.15, 0.2) is 9.84 Å². The number of sulfone groups is 1. The van der Waals surface area contributed by atoms with Crippen LogP contribution in [0.1, 0.15) is 53.5 Å². The number of fused-ring (bicyclic) bond motifs is 1. The second-order valence-corrected chi connectivity index (χ2v) is 9.75. The molecule has 1 fully saturated rings. The summed E-state index contributed by atoms with van der Waals surface area (Å²) in [7, 11) is -2.99. The van der Waals surface area contributed by atoms with E-state index < -0.39 is 9.84 Å². The van der Waals surface area contributed by atoms with Gasteiger partial charge in [-0.3, -0.25) is 14.8 Å². The number of aromatic nitrogens is 3. The number of aryl methyl sites for hydroxylation is 2. The zero-order valence-corrected chi connectivity index (χ0v) is 16.4. The fraction of sp³-hybridized carbons (Fsp3) is 0.611. The average Bonchev–Trinajstić information content (AvgIpc) is 3.27. The van der Waals surface area contributed by atoms with E-state index in [1.54, 1.807) is 4.68 Å². The molecule has 146 valence electrons. The summed E-state index contributed by atoms with van der Waals surface area (Å²) in [5.74, 6) is 0.594. The van der Waals surface area contributed by atoms with Gasteiger partial charge in [0.2, 0.25) is 11.8 Å². The summed E-state index contributed by atoms with van der Waals surface area (Å²) in [6.45, 7) is 3.75. The maximum Gasteiger partial charge on any atom is 0.234 e. The molecule has 2 aliphatic rings. The van der Waals surface area contributed by atoms with Crippen molar-refractivity contribution in [3.63, 3.8) is 0 Å². The van der Waals surface area contributed by atoms with Gasteiger partial charge in [0.05, 0.1) is 35.4 Å². The van der Waals surface area contributed by atoms with Crippen molar-refractivity contribution in [3.05, 3.63) is 28.2 Å². The fourth-order valence-corrected chi connectivity index (χ4v) is 5.79. The molecule has 1 atom stereocenters. The number of hydrogen-bond acceptors (Lipinski definition) is 6. The van der Waals surface area contributed by atoms with E-state index in [-0.39, 0.29) is 29.9 Å². The average molecular weight is 392 g/mol. The lowest BCUT2D eigenvalue weighted by Gasteiger charge is -2.12. The van der Waals surface area contributed by atoms with E-state index in [1.165, 1.54) is 0 Å². The van der Waals surface area contributed by atoms with E-state index in [9.17, 15) is 13.2 Å². The molecule has 0 spiro atoms. The van der Waals surface area contributed by atoms with E-state index in [4.69, 9.17) is 4.52 Å². The summed E-state index contributed by atoms with van der Waals surface area (Å²) in [5, 5.41) is 11.4. The van der Waals surface area contributed by atoms with Gasteiger partial charge < -0.3 is 4.52 Å². The van der Waals surface area contributed by atoms with Crippen molar-refractivity contribution in [2.75, 3.05) is 16.8 Å². The second kappa shape index (κ2) is 6.78. The van der Waals surface area contributed by atoms with Gasteiger partial charge in [-0.2, -0.15) is 5.10 Å². The zero-order chi connectivity index (χ0) is 19.2. The van der Waals surface area contributed by atoms with Crippen molar-refractivity contribution < 1.29 is 17.7 Å². The minimum atomic E-state index is -2.99. The third-order valence-corrected chi connectivity index (χ3v) is 7.33. The van der Waals surface area contributed by atoms with Crippen LogP contribution in [0.5, 0.6) is 0 Å². The molecule has 1 unspecified atom stereocenters. The van der Waals surface area contributed by atoms with Crippen LogP contribution in [0.2, 0.25) is 0 Å². The zero-order valence-electron chi connectivity index (χ0n) is 15.6. The highest BCUT2D eigenvalue weighted by molar-refractivity contribution is 7.91. The van der Waals surface area contributed by atoms with Crippen LogP contribution in [0.4, 0.5) is 5.88 Å². The summed E-state index contributed by atoms with van der Waals surface area (Å²) in [6, 6.07) is -0.146. The van der Waals surface area contributed by atoms with E-state index in [0.29, 0.717) is 12.3 Å². The second-order valence-electron chi connectivity index (χ2n) is 7.52. The molecular weight excluding hydrogens is 368 g/mol. The lowest BCUT2D eigenvalue weighted by Crippen LogP contribution is -2.17. The molecule has 2 aromatic rings. The van der Waals surface area contributed by atoms with E-state index in [2.05, 4.69) is 15.6 Å². The summed E-state index contributed by atoms with van der Waals surface area (Å²) in [4.78, 5) is 12.6. The third-order valence-electron chi connectivity index (χ3n) is 5.58. The van der Waals surface area contributed by atoms with Crippen LogP contribution in [0.3, 0.4) is 0 Å². The molecule has 3 heterocycles. The molecule has 8 nitrogen and oxygen atoms in total. The Morgan fingerprint density at radius 1 is 1.30 bits per heavy atom. The molecule has 2 aromatic heterocycles. The van der Waals surface area contributed by atoms with Crippen molar-refractivity contribution >= 4 is 21.6 Å². The molecule has 1 aliphatic heterocycles. The molecule has 27 heavy (non-hydrogen) atoms. The normalized spacial score (nSPS) is 21.2. The van der Waals surface area contributed by atoms with E-state index in [0.717, 1.165) is 53.9 Å². The van der Waals surface area contributed by atoms with Crippen LogP contribution in [-0.4, -0.2) is 40.8 Å². The van der Waals surface area contributed by atoms with E-state index >= 15 is 0 Å². The molecule has 0 bridgehead atoms. The Kier molecular flexibility index (Phi) is 4.57. The number of amides is 1. The molecular formula is C18H24N4O4S. The van der Waals surface area contributed by atoms with Gasteiger partial charge in [-0.1, -0.05) is 5.16 Å². The van der Waals surface area contributed by atoms with Gasteiger partial charge >= 0.3 is 0 Å². The Hall–Kier alpha value is -2.16. The lowest BCUT2D eigenvalue weighted by molar-refractivity contribution is -0.115. The van der Waals surface area contributed by atoms with Crippen LogP contribution in [0.25, 0.3) is 0 Å². The maximum atomic E-state index is 12.6. The maximum absolute atomic E-state index is 12.6. The Morgan fingerprint density at radius 2 is 2.07 bits per heavy atom. The summed E-state index contributed by atoms with van der Waals surface area (Å²) in [6.07, 6.45) is 4.69. The van der Waals surface area contributed by atoms with Crippen molar-refractivity contribution in [2.24, 2.45) is 0 Å². The van der Waals surface area contributed by atoms with E-state index in [1.807, 2.05) is 13.8 Å². The van der Waals surface area contributed by atoms with Crippen LogP contribution >= 0.6 is 0 Å². The number of anilines is 1. The quantitative estimate of drug-likeness (QED) is 0.852. The molecule has 1 N–H and O–H groups in total. The molecule has 1 saturated heterocycles. The first-order valence-corrected chi connectivity index (χ1v) is 11.2. The SMILES string of the molecule is Cc1nn(C2CCS(=O)(=O)C2)c(C)c1CC(=O)Nc1onc2c1CCCC2. The Balaban J connectivity index is 1.49. The largest absolute Gasteiger partial charge is 0.338 e. The Morgan fingerprint density at radius 3 is 2.81 bits per heavy atom. The van der Waals surface area contributed by atoms with Gasteiger partial charge in [0.25, 0.3) is 0 Å². The number of carbonyl (C=O) groups excluding carboxylic acids is 1. The minimum Gasteiger partial charge on any atom is -0.338 e. The summed E-state index contributed by atoms with van der Waals surface area (Å²) in [5.41, 5.74) is 4.40. The number of rotatable bonds is 4. The smallest absolute Gasteiger partial charge is 0.234 e. The molecule has 9 heteroatoms. The predicted octanol–water partition coefficient (Wildman–Crippen LogP) is 1.91. The number of hydrogen-bond donors (Lipinski definition) is 1. The lowest BCUT2D eigenvalue weighted by atomic mass is 9.97. The van der Waals surface area contributed by atoms with Crippen LogP contribution in [0.15, 0.2) is 4.52 Å². The van der Waals surface area contributed by atoms with Gasteiger partial charge in [0.1, 0.15) is 0 Å². The molecule has 0 aromatic carbocycles. The first-order valence-electron chi connectivity index (χ1n) is 9.36. The van der Waals surface area contributed by atoms with Gasteiger partial charge in [-0.25, -0.2) is 8.42 Å². The molecule has 0 radical (unpaired) electrons. The van der Waals surface area contributed by atoms with Crippen LogP contribution in [0, 0.1) is 13.8 Å². The van der Waals surface area contributed by atoms with Gasteiger partial charge in [-0.15, -0.1) is 0 Å². The minimum absolute atomic E-state index is 0.116. The fourth-order valence-electron chi connectivity index (χ4n) is 4.10. The van der Waals surface area contributed by atoms with Crippen molar-refractivity contribution in [2.45, 2.75) is 58.4 Å². The van der Waals surface area contributed by atoms with Crippen molar-refractivity contribution in [1.29, 1.82) is 0 Å². The molecule has 1 aliphatic carbocycles. The molecule has 4 rings (SSSR count). The highest BCUT2D eigenvalue weighted by atomic mass is 32.2. The van der Waals surface area contributed by atoms with Gasteiger partial charge in [0, 0.05) is 16.8 Å². The highest BCUT2D eigenvalue weighted by Crippen LogP contribution is 2.29. The Bertz CT molecular complexity index is 989. The van der Waals surface area contributed by atoms with Crippen LogP contribution < -0.4 is 5.32 Å². The number of carbonyl (C=O) groups is 1. The highest BCUT2D eigenvalue weighted by Gasteiger charge is 2.32. The first-order chi connectivity index (χ1) is 12.8. The molecule has 1 amide bonds. The predicted molar refractivity (Wildman–Crippen MR) is 99.5 cm³/mol. The Labute approximate surface area is 158 Å². The summed E-state index contributed by atoms with van der Waals surface area (Å²) < 4.78 is 30.6. The first kappa shape index (κ1) is 18.2. The number of nitrogens with one attached hydrogen (secondary N) is 1. The summed E-state index contributed by atoms with van der Waals surface area (Å²) >= 11 is 0. The van der Waals surface area contributed by atoms with Crippen molar-refractivity contribution in [1.82, 2.24) is 14.9 Å². The van der Waals surface area contributed by atoms with Gasteiger partial charge in [-0.05, 0) is 46.0 Å². The number of nitrogens with zero attached hydrogens (tertiary/aromatic N) is 3. The van der Waals surface area contributed by atoms with Crippen LogP contribution in [-0.2, 0) is 33.9 Å². The topological polar surface area (TPSA) is 107 Å². The monoisotopic (exact) mass is 392 g/mol. The third kappa shape index (κ3) is 3.52. The standard InChI is InChI=1S/C18H24N4O4S/c1-11-15(12(2)22(20-11)13-7-8-27(24,25)10-13)9-17(23)19-18-14-5-3-4-6-16(14)21-26-18/h13H,3-10H2,1-2H3,(H,19,23).